The molecule has 4 atom stereocenters. The molecule has 4 unspecified atom stereocenters. The molecule has 13 heavy (non-hydrogen) atoms. The molecule has 2 aliphatic carbocycles. The van der Waals surface area contributed by atoms with Gasteiger partial charge in [-0.25, -0.2) is 8.42 Å². The molecular weight excluding hydrogens is 223 g/mol. The number of rotatable bonds is 1. The van der Waals surface area contributed by atoms with Gasteiger partial charge in [0.25, 0.3) is 0 Å². The summed E-state index contributed by atoms with van der Waals surface area (Å²) in [5.74, 6) is 0.311. The Hall–Kier alpha value is 1.20. The zero-order valence-electron chi connectivity index (χ0n) is 7.44. The molecule has 0 aromatic rings. The van der Waals surface area contributed by atoms with Gasteiger partial charge in [0.2, 0.25) is 0 Å². The smallest absolute Gasteiger partial charge is 0.748 e. The van der Waals surface area contributed by atoms with Crippen molar-refractivity contribution in [3.63, 3.8) is 0 Å². The van der Waals surface area contributed by atoms with Gasteiger partial charge in [0.05, 0.1) is 20.7 Å². The molecule has 0 aliphatic heterocycles. The van der Waals surface area contributed by atoms with Crippen molar-refractivity contribution in [2.75, 3.05) is 0 Å². The van der Waals surface area contributed by atoms with E-state index in [-0.39, 0.29) is 41.4 Å². The van der Waals surface area contributed by atoms with E-state index in [0.29, 0.717) is 0 Å². The van der Waals surface area contributed by atoms with Crippen molar-refractivity contribution >= 4 is 21.7 Å². The van der Waals surface area contributed by atoms with E-state index in [1.54, 1.807) is 0 Å². The quantitative estimate of drug-likeness (QED) is 0.297. The number of fused-ring (bicyclic) bond motifs is 2. The van der Waals surface area contributed by atoms with Crippen LogP contribution in [0.5, 0.6) is 0 Å². The fourth-order valence-corrected chi connectivity index (χ4v) is 4.64. The zero-order valence-corrected chi connectivity index (χ0v) is 11.0. The Kier molecular flexibility index (Phi) is 3.76. The Labute approximate surface area is 105 Å². The summed E-state index contributed by atoms with van der Waals surface area (Å²) >= 11 is 5.88. The molecule has 2 saturated carbocycles. The summed E-state index contributed by atoms with van der Waals surface area (Å²) in [5.41, 5.74) is 0. The van der Waals surface area contributed by atoms with Crippen molar-refractivity contribution in [3.05, 3.63) is 0 Å². The van der Waals surface area contributed by atoms with Gasteiger partial charge in [-0.2, -0.15) is 0 Å². The summed E-state index contributed by atoms with van der Waals surface area (Å²) in [5, 5.41) is -1.23. The van der Waals surface area contributed by atoms with Gasteiger partial charge in [0.15, 0.2) is 0 Å². The van der Waals surface area contributed by atoms with Crippen molar-refractivity contribution in [2.24, 2.45) is 11.8 Å². The molecule has 70 valence electrons. The number of hydrogen-bond acceptors (Lipinski definition) is 3. The first-order chi connectivity index (χ1) is 5.50. The predicted molar refractivity (Wildman–Crippen MR) is 44.0 cm³/mol. The van der Waals surface area contributed by atoms with Crippen LogP contribution in [0.2, 0.25) is 0 Å². The van der Waals surface area contributed by atoms with Crippen LogP contribution in [0.1, 0.15) is 19.3 Å². The van der Waals surface area contributed by atoms with Gasteiger partial charge in [-0.05, 0) is 31.1 Å². The van der Waals surface area contributed by atoms with Crippen LogP contribution in [-0.4, -0.2) is 23.6 Å². The molecule has 0 amide bonds. The third kappa shape index (κ3) is 2.08. The maximum absolute atomic E-state index is 10.8. The molecule has 2 bridgehead atoms. The van der Waals surface area contributed by atoms with Crippen molar-refractivity contribution < 1.29 is 42.5 Å². The van der Waals surface area contributed by atoms with Gasteiger partial charge >= 0.3 is 29.6 Å². The maximum Gasteiger partial charge on any atom is 1.00 e. The average Bonchev–Trinajstić information content (AvgIpc) is 2.42. The van der Waals surface area contributed by atoms with Crippen LogP contribution < -0.4 is 29.6 Å². The Morgan fingerprint density at radius 1 is 1.23 bits per heavy atom. The van der Waals surface area contributed by atoms with Crippen LogP contribution in [0.4, 0.5) is 0 Å². The second kappa shape index (κ2) is 3.99. The third-order valence-electron chi connectivity index (χ3n) is 3.08. The monoisotopic (exact) mass is 232 g/mol. The van der Waals surface area contributed by atoms with Crippen molar-refractivity contribution in [1.29, 1.82) is 0 Å². The standard InChI is InChI=1S/C7H11ClO3S.Na/c8-6-4-1-2-5(3-4)7(6)12(9,10)11;/h4-7H,1-3H2,(H,9,10,11);/q;+1/p-1. The number of alkyl halides is 1. The first kappa shape index (κ1) is 12.3. The largest absolute Gasteiger partial charge is 1.00 e. The minimum absolute atomic E-state index is 0. The van der Waals surface area contributed by atoms with Gasteiger partial charge in [-0.3, -0.25) is 0 Å². The Morgan fingerprint density at radius 3 is 2.08 bits per heavy atom. The number of hydrogen-bond donors (Lipinski definition) is 0. The molecule has 3 nitrogen and oxygen atoms in total. The summed E-state index contributed by atoms with van der Waals surface area (Å²) < 4.78 is 32.4. The van der Waals surface area contributed by atoms with Crippen molar-refractivity contribution in [1.82, 2.24) is 0 Å². The van der Waals surface area contributed by atoms with E-state index in [4.69, 9.17) is 11.6 Å². The summed E-state index contributed by atoms with van der Waals surface area (Å²) in [6.07, 6.45) is 2.69. The first-order valence-corrected chi connectivity index (χ1v) is 5.99. The fraction of sp³-hybridized carbons (Fsp3) is 1.00. The predicted octanol–water partition coefficient (Wildman–Crippen LogP) is -2.06. The topological polar surface area (TPSA) is 57.2 Å². The van der Waals surface area contributed by atoms with Crippen molar-refractivity contribution in [3.8, 4) is 0 Å². The molecule has 0 aromatic heterocycles. The van der Waals surface area contributed by atoms with Gasteiger partial charge in [-0.15, -0.1) is 11.6 Å². The van der Waals surface area contributed by atoms with Crippen LogP contribution in [0, 0.1) is 11.8 Å². The molecule has 0 radical (unpaired) electrons. The summed E-state index contributed by atoms with van der Waals surface area (Å²) in [6.45, 7) is 0. The first-order valence-electron chi connectivity index (χ1n) is 4.09. The Bertz CT molecular complexity index is 290. The molecule has 0 N–H and O–H groups in total. The van der Waals surface area contributed by atoms with E-state index < -0.39 is 20.7 Å². The minimum Gasteiger partial charge on any atom is -0.748 e. The molecule has 0 aromatic carbocycles. The zero-order chi connectivity index (χ0) is 8.93. The summed E-state index contributed by atoms with van der Waals surface area (Å²) in [7, 11) is -4.16. The molecule has 0 saturated heterocycles. The second-order valence-corrected chi connectivity index (χ2v) is 5.77. The second-order valence-electron chi connectivity index (χ2n) is 3.74. The van der Waals surface area contributed by atoms with E-state index in [1.165, 1.54) is 0 Å². The van der Waals surface area contributed by atoms with Gasteiger partial charge in [0.1, 0.15) is 0 Å². The molecule has 0 spiro atoms. The van der Waals surface area contributed by atoms with E-state index in [9.17, 15) is 13.0 Å². The van der Waals surface area contributed by atoms with Crippen LogP contribution in [0.15, 0.2) is 0 Å². The van der Waals surface area contributed by atoms with E-state index in [1.807, 2.05) is 0 Å². The molecule has 0 heterocycles. The Balaban J connectivity index is 0.000000845. The van der Waals surface area contributed by atoms with E-state index in [0.717, 1.165) is 19.3 Å². The van der Waals surface area contributed by atoms with E-state index >= 15 is 0 Å². The summed E-state index contributed by atoms with van der Waals surface area (Å²) in [6, 6.07) is 0. The van der Waals surface area contributed by atoms with Crippen LogP contribution in [-0.2, 0) is 10.1 Å². The van der Waals surface area contributed by atoms with Crippen LogP contribution in [0.25, 0.3) is 0 Å². The maximum atomic E-state index is 10.8. The fourth-order valence-electron chi connectivity index (χ4n) is 2.56. The summed E-state index contributed by atoms with van der Waals surface area (Å²) in [4.78, 5) is 0. The normalized spacial score (nSPS) is 43.2. The average molecular weight is 233 g/mol. The molecular formula is C7H10ClNaO3S. The van der Waals surface area contributed by atoms with Crippen LogP contribution >= 0.6 is 11.6 Å². The molecule has 2 rings (SSSR count). The Morgan fingerprint density at radius 2 is 1.77 bits per heavy atom. The SMILES string of the molecule is O=S(=O)([O-])C1C2CCC(C2)C1Cl.[Na+]. The molecule has 2 aliphatic rings. The molecule has 6 heteroatoms. The molecule has 2 fully saturated rings. The third-order valence-corrected chi connectivity index (χ3v) is 5.20. The van der Waals surface area contributed by atoms with Gasteiger partial charge in [0, 0.05) is 0 Å². The number of halogens is 1. The van der Waals surface area contributed by atoms with Crippen molar-refractivity contribution in [2.45, 2.75) is 29.9 Å². The van der Waals surface area contributed by atoms with E-state index in [2.05, 4.69) is 0 Å². The van der Waals surface area contributed by atoms with Crippen LogP contribution in [0.3, 0.4) is 0 Å². The van der Waals surface area contributed by atoms with Gasteiger partial charge in [-0.1, -0.05) is 0 Å². The van der Waals surface area contributed by atoms with Gasteiger partial charge < -0.3 is 4.55 Å². The minimum atomic E-state index is -4.16.